The Bertz CT molecular complexity index is 445. The van der Waals surface area contributed by atoms with Crippen molar-refractivity contribution < 1.29 is 18.0 Å². The number of ether oxygens (including phenoxy) is 1. The van der Waals surface area contributed by atoms with Crippen molar-refractivity contribution in [1.29, 1.82) is 0 Å². The van der Waals surface area contributed by atoms with Crippen LogP contribution >= 0.6 is 0 Å². The average molecular weight is 327 g/mol. The van der Waals surface area contributed by atoms with Crippen LogP contribution in [0.3, 0.4) is 0 Å². The fourth-order valence-corrected chi connectivity index (χ4v) is 5.19. The van der Waals surface area contributed by atoms with Gasteiger partial charge in [-0.05, 0) is 57.7 Å². The molecule has 0 bridgehead atoms. The smallest absolute Gasteiger partial charge is 0.496 e. The standard InChI is InChI=1S/C17H30O4Si/c1-7-19-22(20-8-2,21-9-3)13-12-16-11-10-14(4)15(5)17(16)18-6/h10-11H,7-9,12-13H2,1-6H3. The van der Waals surface area contributed by atoms with E-state index in [1.54, 1.807) is 7.11 Å². The largest absolute Gasteiger partial charge is 0.501 e. The molecule has 0 aliphatic carbocycles. The maximum atomic E-state index is 5.91. The molecule has 5 heteroatoms. The molecule has 22 heavy (non-hydrogen) atoms. The average Bonchev–Trinajstić information content (AvgIpc) is 2.49. The SMILES string of the molecule is CCO[Si](CCc1ccc(C)c(C)c1OC)(OCC)OCC. The molecule has 0 aliphatic rings. The van der Waals surface area contributed by atoms with Crippen molar-refractivity contribution in [3.63, 3.8) is 0 Å². The van der Waals surface area contributed by atoms with Crippen molar-refractivity contribution in [1.82, 2.24) is 0 Å². The van der Waals surface area contributed by atoms with E-state index in [-0.39, 0.29) is 0 Å². The topological polar surface area (TPSA) is 36.9 Å². The lowest BCUT2D eigenvalue weighted by Gasteiger charge is -2.28. The first-order valence-corrected chi connectivity index (χ1v) is 10.0. The molecule has 0 unspecified atom stereocenters. The minimum Gasteiger partial charge on any atom is -0.496 e. The van der Waals surface area contributed by atoms with Crippen LogP contribution in [0.5, 0.6) is 5.75 Å². The van der Waals surface area contributed by atoms with Crippen molar-refractivity contribution >= 4 is 8.80 Å². The number of hydrogen-bond acceptors (Lipinski definition) is 4. The highest BCUT2D eigenvalue weighted by molar-refractivity contribution is 6.60. The summed E-state index contributed by atoms with van der Waals surface area (Å²) in [5.74, 6) is 0.965. The van der Waals surface area contributed by atoms with Gasteiger partial charge in [0.2, 0.25) is 0 Å². The fourth-order valence-electron chi connectivity index (χ4n) is 2.62. The molecule has 1 aromatic rings. The molecule has 0 saturated heterocycles. The number of aryl methyl sites for hydroxylation is 2. The summed E-state index contributed by atoms with van der Waals surface area (Å²) in [6.07, 6.45) is 0.830. The van der Waals surface area contributed by atoms with Gasteiger partial charge in [-0.25, -0.2) is 0 Å². The summed E-state index contributed by atoms with van der Waals surface area (Å²) in [6.45, 7) is 12.0. The summed E-state index contributed by atoms with van der Waals surface area (Å²) in [5, 5.41) is 0. The molecule has 126 valence electrons. The Balaban J connectivity index is 2.95. The van der Waals surface area contributed by atoms with E-state index < -0.39 is 8.80 Å². The van der Waals surface area contributed by atoms with E-state index in [1.807, 2.05) is 20.8 Å². The van der Waals surface area contributed by atoms with Gasteiger partial charge in [-0.3, -0.25) is 0 Å². The van der Waals surface area contributed by atoms with Crippen LogP contribution < -0.4 is 4.74 Å². The Morgan fingerprint density at radius 1 is 0.909 bits per heavy atom. The lowest BCUT2D eigenvalue weighted by atomic mass is 10.0. The van der Waals surface area contributed by atoms with Crippen molar-refractivity contribution in [2.75, 3.05) is 26.9 Å². The van der Waals surface area contributed by atoms with E-state index in [9.17, 15) is 0 Å². The van der Waals surface area contributed by atoms with Gasteiger partial charge >= 0.3 is 8.80 Å². The van der Waals surface area contributed by atoms with Crippen LogP contribution in [-0.4, -0.2) is 35.7 Å². The van der Waals surface area contributed by atoms with E-state index in [1.165, 1.54) is 16.7 Å². The Morgan fingerprint density at radius 3 is 1.91 bits per heavy atom. The maximum Gasteiger partial charge on any atom is 0.501 e. The molecule has 0 N–H and O–H groups in total. The molecule has 0 fully saturated rings. The second kappa shape index (κ2) is 9.30. The molecule has 0 atom stereocenters. The summed E-state index contributed by atoms with van der Waals surface area (Å²) in [6, 6.07) is 5.03. The van der Waals surface area contributed by atoms with Crippen LogP contribution in [0, 0.1) is 13.8 Å². The Hall–Kier alpha value is -0.883. The van der Waals surface area contributed by atoms with E-state index in [2.05, 4.69) is 26.0 Å². The lowest BCUT2D eigenvalue weighted by Crippen LogP contribution is -2.46. The predicted molar refractivity (Wildman–Crippen MR) is 91.6 cm³/mol. The van der Waals surface area contributed by atoms with Gasteiger partial charge in [0, 0.05) is 25.9 Å². The van der Waals surface area contributed by atoms with E-state index >= 15 is 0 Å². The molecule has 0 amide bonds. The highest BCUT2D eigenvalue weighted by Gasteiger charge is 2.40. The van der Waals surface area contributed by atoms with Gasteiger partial charge in [0.15, 0.2) is 0 Å². The second-order valence-electron chi connectivity index (χ2n) is 5.18. The lowest BCUT2D eigenvalue weighted by molar-refractivity contribution is 0.0714. The van der Waals surface area contributed by atoms with Crippen LogP contribution in [0.15, 0.2) is 12.1 Å². The number of benzene rings is 1. The minimum absolute atomic E-state index is 0.607. The van der Waals surface area contributed by atoms with Gasteiger partial charge in [-0.15, -0.1) is 0 Å². The van der Waals surface area contributed by atoms with Crippen molar-refractivity contribution in [3.8, 4) is 5.75 Å². The van der Waals surface area contributed by atoms with Crippen LogP contribution in [0.2, 0.25) is 6.04 Å². The van der Waals surface area contributed by atoms with E-state index in [4.69, 9.17) is 18.0 Å². The number of hydrogen-bond donors (Lipinski definition) is 0. The van der Waals surface area contributed by atoms with Gasteiger partial charge in [-0.2, -0.15) is 0 Å². The van der Waals surface area contributed by atoms with Crippen LogP contribution in [0.1, 0.15) is 37.5 Å². The minimum atomic E-state index is -2.60. The summed E-state index contributed by atoms with van der Waals surface area (Å²) < 4.78 is 23.3. The van der Waals surface area contributed by atoms with Gasteiger partial charge in [0.05, 0.1) is 7.11 Å². The third-order valence-electron chi connectivity index (χ3n) is 3.76. The third kappa shape index (κ3) is 4.81. The summed E-state index contributed by atoms with van der Waals surface area (Å²) in [5.41, 5.74) is 3.61. The van der Waals surface area contributed by atoms with Crippen molar-refractivity contribution in [3.05, 3.63) is 28.8 Å². The summed E-state index contributed by atoms with van der Waals surface area (Å²) in [4.78, 5) is 0. The van der Waals surface area contributed by atoms with E-state index in [0.717, 1.165) is 18.2 Å². The molecule has 1 rings (SSSR count). The molecular weight excluding hydrogens is 296 g/mol. The zero-order valence-corrected chi connectivity index (χ0v) is 15.8. The number of rotatable bonds is 10. The highest BCUT2D eigenvalue weighted by Crippen LogP contribution is 2.29. The molecular formula is C17H30O4Si. The monoisotopic (exact) mass is 326 g/mol. The first-order chi connectivity index (χ1) is 10.5. The first-order valence-electron chi connectivity index (χ1n) is 8.08. The highest BCUT2D eigenvalue weighted by atomic mass is 28.4. The molecule has 0 radical (unpaired) electrons. The second-order valence-corrected chi connectivity index (χ2v) is 7.91. The normalized spacial score (nSPS) is 11.7. The summed E-state index contributed by atoms with van der Waals surface area (Å²) >= 11 is 0. The first kappa shape index (κ1) is 19.2. The molecule has 0 heterocycles. The van der Waals surface area contributed by atoms with Crippen molar-refractivity contribution in [2.45, 2.75) is 47.1 Å². The van der Waals surface area contributed by atoms with Crippen LogP contribution in [0.4, 0.5) is 0 Å². The maximum absolute atomic E-state index is 5.91. The van der Waals surface area contributed by atoms with Crippen LogP contribution in [-0.2, 0) is 19.7 Å². The summed E-state index contributed by atoms with van der Waals surface area (Å²) in [7, 11) is -0.875. The van der Waals surface area contributed by atoms with Gasteiger partial charge < -0.3 is 18.0 Å². The zero-order valence-electron chi connectivity index (χ0n) is 14.8. The van der Waals surface area contributed by atoms with Gasteiger partial charge in [-0.1, -0.05) is 12.1 Å². The molecule has 0 saturated carbocycles. The van der Waals surface area contributed by atoms with E-state index in [0.29, 0.717) is 19.8 Å². The zero-order chi connectivity index (χ0) is 16.6. The quantitative estimate of drug-likeness (QED) is 0.611. The number of methoxy groups -OCH3 is 1. The third-order valence-corrected chi connectivity index (χ3v) is 6.80. The fraction of sp³-hybridized carbons (Fsp3) is 0.647. The Labute approximate surface area is 136 Å². The molecule has 1 aromatic carbocycles. The Morgan fingerprint density at radius 2 is 1.45 bits per heavy atom. The van der Waals surface area contributed by atoms with Crippen LogP contribution in [0.25, 0.3) is 0 Å². The molecule has 0 aromatic heterocycles. The Kier molecular flexibility index (Phi) is 8.10. The van der Waals surface area contributed by atoms with Gasteiger partial charge in [0.25, 0.3) is 0 Å². The molecule has 4 nitrogen and oxygen atoms in total. The molecule has 0 aliphatic heterocycles. The van der Waals surface area contributed by atoms with Crippen molar-refractivity contribution in [2.24, 2.45) is 0 Å². The van der Waals surface area contributed by atoms with Gasteiger partial charge in [0.1, 0.15) is 5.75 Å². The predicted octanol–water partition coefficient (Wildman–Crippen LogP) is 3.90. The molecule has 0 spiro atoms.